The molecule has 27 heavy (non-hydrogen) atoms. The summed E-state index contributed by atoms with van der Waals surface area (Å²) in [6.45, 7) is 6.16. The number of aliphatic hydroxyl groups excluding tert-OH is 1. The van der Waals surface area contributed by atoms with E-state index in [0.717, 1.165) is 30.7 Å². The van der Waals surface area contributed by atoms with Gasteiger partial charge in [0, 0.05) is 24.0 Å². The molecule has 0 aromatic carbocycles. The van der Waals surface area contributed by atoms with Gasteiger partial charge in [0.25, 0.3) is 0 Å². The second-order valence-corrected chi connectivity index (χ2v) is 11.3. The fourth-order valence-electron chi connectivity index (χ4n) is 8.73. The molecule has 4 aliphatic carbocycles. The first-order valence-corrected chi connectivity index (χ1v) is 11.5. The zero-order valence-corrected chi connectivity index (χ0v) is 18.2. The van der Waals surface area contributed by atoms with Crippen molar-refractivity contribution in [1.29, 1.82) is 0 Å². The molecule has 5 rings (SSSR count). The van der Waals surface area contributed by atoms with Gasteiger partial charge in [0.1, 0.15) is 0 Å². The fraction of sp³-hybridized carbons (Fsp3) is 0.917. The van der Waals surface area contributed by atoms with E-state index in [1.54, 1.807) is 5.57 Å². The fourth-order valence-corrected chi connectivity index (χ4v) is 8.73. The summed E-state index contributed by atoms with van der Waals surface area (Å²) in [5, 5.41) is 11.4. The number of hydrogen-bond acceptors (Lipinski definition) is 3. The van der Waals surface area contributed by atoms with Crippen molar-refractivity contribution in [2.75, 3.05) is 27.7 Å². The van der Waals surface area contributed by atoms with Crippen LogP contribution in [0.3, 0.4) is 0 Å². The molecule has 0 amide bonds. The molecule has 1 spiro atoms. The predicted octanol–water partition coefficient (Wildman–Crippen LogP) is 3.92. The predicted molar refractivity (Wildman–Crippen MR) is 111 cm³/mol. The Balaban J connectivity index is 1.51. The minimum Gasteiger partial charge on any atom is -0.392 e. The molecule has 0 unspecified atom stereocenters. The topological polar surface area (TPSA) is 26.7 Å². The average Bonchev–Trinajstić information content (AvgIpc) is 3.10. The highest BCUT2D eigenvalue weighted by Gasteiger charge is 2.62. The second kappa shape index (κ2) is 6.06. The van der Waals surface area contributed by atoms with Crippen LogP contribution in [0.5, 0.6) is 0 Å². The lowest BCUT2D eigenvalue weighted by Crippen LogP contribution is -2.52. The van der Waals surface area contributed by atoms with Crippen molar-refractivity contribution < 1.29 is 5.11 Å². The van der Waals surface area contributed by atoms with Crippen molar-refractivity contribution in [2.24, 2.45) is 28.6 Å². The van der Waals surface area contributed by atoms with Gasteiger partial charge >= 0.3 is 0 Å². The molecule has 3 nitrogen and oxygen atoms in total. The summed E-state index contributed by atoms with van der Waals surface area (Å²) in [5.74, 6) is 2.40. The van der Waals surface area contributed by atoms with Gasteiger partial charge in [-0.2, -0.15) is 0 Å². The lowest BCUT2D eigenvalue weighted by Gasteiger charge is -2.56. The van der Waals surface area contributed by atoms with Crippen molar-refractivity contribution in [3.63, 3.8) is 0 Å². The van der Waals surface area contributed by atoms with Crippen LogP contribution in [-0.2, 0) is 0 Å². The molecule has 1 aliphatic heterocycles. The van der Waals surface area contributed by atoms with Gasteiger partial charge in [-0.3, -0.25) is 0 Å². The highest BCUT2D eigenvalue weighted by molar-refractivity contribution is 5.35. The maximum absolute atomic E-state index is 11.4. The lowest BCUT2D eigenvalue weighted by atomic mass is 9.51. The highest BCUT2D eigenvalue weighted by atomic mass is 16.3. The molecule has 5 aliphatic rings. The molecule has 8 atom stereocenters. The molecule has 4 fully saturated rings. The summed E-state index contributed by atoms with van der Waals surface area (Å²) in [7, 11) is 6.77. The summed E-state index contributed by atoms with van der Waals surface area (Å²) in [4.78, 5) is 5.03. The minimum atomic E-state index is -0.144. The first-order chi connectivity index (χ1) is 12.8. The van der Waals surface area contributed by atoms with Crippen LogP contribution in [-0.4, -0.2) is 60.8 Å². The van der Waals surface area contributed by atoms with Gasteiger partial charge in [0.15, 0.2) is 0 Å². The van der Waals surface area contributed by atoms with Crippen LogP contribution in [0, 0.1) is 28.6 Å². The standard InChI is InChI=1S/C24H40N2O/c1-15-19-8-9-21-18-12-22(27)23(2)13-16(25(3)4)6-7-20(23)17(18)10-11-24(19,21)14-26(15)5/h15-16,18-19,21-22,27H,6-14H2,1-5H3/t15-,16-,18+,19+,21-,22+,23+,24-/m0/s1. The number of allylic oxidation sites excluding steroid dienone is 1. The molecule has 1 N–H and O–H groups in total. The van der Waals surface area contributed by atoms with E-state index in [1.807, 2.05) is 5.57 Å². The molecule has 0 radical (unpaired) electrons. The molecule has 152 valence electrons. The van der Waals surface area contributed by atoms with Crippen LogP contribution < -0.4 is 0 Å². The van der Waals surface area contributed by atoms with E-state index in [1.165, 1.54) is 45.1 Å². The van der Waals surface area contributed by atoms with Crippen molar-refractivity contribution in [1.82, 2.24) is 9.80 Å². The Hall–Kier alpha value is -0.380. The van der Waals surface area contributed by atoms with Crippen LogP contribution in [0.25, 0.3) is 0 Å². The van der Waals surface area contributed by atoms with Gasteiger partial charge in [0.2, 0.25) is 0 Å². The largest absolute Gasteiger partial charge is 0.392 e. The molecule has 3 heteroatoms. The van der Waals surface area contributed by atoms with Crippen LogP contribution in [0.15, 0.2) is 11.1 Å². The Morgan fingerprint density at radius 3 is 2.59 bits per heavy atom. The zero-order valence-electron chi connectivity index (χ0n) is 18.2. The number of aliphatic hydroxyl groups is 1. The molecular formula is C24H40N2O. The van der Waals surface area contributed by atoms with Gasteiger partial charge in [-0.05, 0) is 103 Å². The van der Waals surface area contributed by atoms with E-state index in [-0.39, 0.29) is 11.5 Å². The van der Waals surface area contributed by atoms with E-state index in [4.69, 9.17) is 0 Å². The third-order valence-corrected chi connectivity index (χ3v) is 10.3. The maximum atomic E-state index is 11.4. The molecule has 0 aromatic heterocycles. The monoisotopic (exact) mass is 372 g/mol. The van der Waals surface area contributed by atoms with Crippen molar-refractivity contribution in [3.8, 4) is 0 Å². The SMILES string of the molecule is C[C@H]1[C@H]2CC[C@H]3[C@@H]4C[C@@H](O)[C@]5(C)C[C@@H](N(C)C)CCC5=C4CC[C@]23CN1C. The second-order valence-electron chi connectivity index (χ2n) is 11.3. The lowest BCUT2D eigenvalue weighted by molar-refractivity contribution is -0.0301. The summed E-state index contributed by atoms with van der Waals surface area (Å²) < 4.78 is 0. The Labute approximate surface area is 166 Å². The van der Waals surface area contributed by atoms with E-state index in [9.17, 15) is 5.11 Å². The van der Waals surface area contributed by atoms with Crippen LogP contribution in [0.2, 0.25) is 0 Å². The van der Waals surface area contributed by atoms with Crippen LogP contribution in [0.4, 0.5) is 0 Å². The summed E-state index contributed by atoms with van der Waals surface area (Å²) in [6, 6.07) is 1.37. The van der Waals surface area contributed by atoms with E-state index >= 15 is 0 Å². The number of rotatable bonds is 1. The molecule has 3 saturated carbocycles. The summed E-state index contributed by atoms with van der Waals surface area (Å²) >= 11 is 0. The zero-order chi connectivity index (χ0) is 19.1. The summed E-state index contributed by atoms with van der Waals surface area (Å²) in [5.41, 5.74) is 4.10. The van der Waals surface area contributed by atoms with Gasteiger partial charge in [0.05, 0.1) is 6.10 Å². The first kappa shape index (κ1) is 18.6. The third kappa shape index (κ3) is 2.37. The summed E-state index contributed by atoms with van der Waals surface area (Å²) in [6.07, 6.45) is 10.1. The number of likely N-dealkylation sites (tertiary alicyclic amines) is 1. The van der Waals surface area contributed by atoms with Gasteiger partial charge in [-0.25, -0.2) is 0 Å². The van der Waals surface area contributed by atoms with Gasteiger partial charge < -0.3 is 14.9 Å². The number of nitrogens with zero attached hydrogens (tertiary/aromatic N) is 2. The van der Waals surface area contributed by atoms with Crippen LogP contribution >= 0.6 is 0 Å². The highest BCUT2D eigenvalue weighted by Crippen LogP contribution is 2.67. The first-order valence-electron chi connectivity index (χ1n) is 11.5. The van der Waals surface area contributed by atoms with Gasteiger partial charge in [-0.15, -0.1) is 0 Å². The molecule has 0 bridgehead atoms. The quantitative estimate of drug-likeness (QED) is 0.707. The molecule has 0 aromatic rings. The minimum absolute atomic E-state index is 0.0291. The van der Waals surface area contributed by atoms with Crippen molar-refractivity contribution >= 4 is 0 Å². The number of fused-ring (bicyclic) bond motifs is 3. The molecule has 1 heterocycles. The number of hydrogen-bond donors (Lipinski definition) is 1. The van der Waals surface area contributed by atoms with Crippen molar-refractivity contribution in [3.05, 3.63) is 11.1 Å². The van der Waals surface area contributed by atoms with E-state index in [0.29, 0.717) is 17.4 Å². The Kier molecular flexibility index (Phi) is 4.18. The average molecular weight is 373 g/mol. The molecule has 1 saturated heterocycles. The Morgan fingerprint density at radius 2 is 1.85 bits per heavy atom. The van der Waals surface area contributed by atoms with Crippen molar-refractivity contribution in [2.45, 2.75) is 83.4 Å². The Bertz CT molecular complexity index is 657. The normalized spacial score (nSPS) is 52.6. The van der Waals surface area contributed by atoms with E-state index < -0.39 is 0 Å². The maximum Gasteiger partial charge on any atom is 0.0637 e. The van der Waals surface area contributed by atoms with Gasteiger partial charge in [-0.1, -0.05) is 18.1 Å². The molecular weight excluding hydrogens is 332 g/mol. The Morgan fingerprint density at radius 1 is 1.11 bits per heavy atom. The third-order valence-electron chi connectivity index (χ3n) is 10.3. The van der Waals surface area contributed by atoms with Crippen LogP contribution in [0.1, 0.15) is 65.2 Å². The van der Waals surface area contributed by atoms with E-state index in [2.05, 4.69) is 44.8 Å². The smallest absolute Gasteiger partial charge is 0.0637 e.